The van der Waals surface area contributed by atoms with Gasteiger partial charge < -0.3 is 19.7 Å². The van der Waals surface area contributed by atoms with E-state index >= 15 is 0 Å². The van der Waals surface area contributed by atoms with Crippen LogP contribution in [0, 0.1) is 18.7 Å². The van der Waals surface area contributed by atoms with E-state index in [9.17, 15) is 14.0 Å². The largest absolute Gasteiger partial charge is 0.376 e. The fraction of sp³-hybridized carbons (Fsp3) is 0.652. The molecule has 6 nitrogen and oxygen atoms in total. The Morgan fingerprint density at radius 2 is 2.03 bits per heavy atom. The van der Waals surface area contributed by atoms with Gasteiger partial charge >= 0.3 is 0 Å². The van der Waals surface area contributed by atoms with E-state index < -0.39 is 6.10 Å². The molecule has 2 fully saturated rings. The molecule has 1 aromatic carbocycles. The van der Waals surface area contributed by atoms with Crippen LogP contribution >= 0.6 is 0 Å². The predicted molar refractivity (Wildman–Crippen MR) is 111 cm³/mol. The molecule has 1 N–H and O–H groups in total. The second-order valence-corrected chi connectivity index (χ2v) is 8.37. The van der Waals surface area contributed by atoms with Gasteiger partial charge in [0.05, 0.1) is 12.7 Å². The van der Waals surface area contributed by atoms with Gasteiger partial charge in [-0.3, -0.25) is 9.59 Å². The first-order chi connectivity index (χ1) is 14.4. The first kappa shape index (κ1) is 22.7. The lowest BCUT2D eigenvalue weighted by Crippen LogP contribution is -2.46. The fourth-order valence-corrected chi connectivity index (χ4v) is 3.96. The number of benzene rings is 1. The maximum Gasteiger partial charge on any atom is 0.251 e. The normalized spacial score (nSPS) is 21.3. The lowest BCUT2D eigenvalue weighted by atomic mass is 9.95. The molecule has 0 aliphatic carbocycles. The van der Waals surface area contributed by atoms with E-state index in [1.165, 1.54) is 6.07 Å². The molecular weight excluding hydrogens is 387 g/mol. The van der Waals surface area contributed by atoms with E-state index in [2.05, 4.69) is 5.32 Å². The number of nitrogens with one attached hydrogen (secondary N) is 1. The van der Waals surface area contributed by atoms with Crippen LogP contribution in [0.2, 0.25) is 0 Å². The molecule has 0 bridgehead atoms. The van der Waals surface area contributed by atoms with Gasteiger partial charge in [0.2, 0.25) is 5.91 Å². The number of carbonyl (C=O) groups is 2. The van der Waals surface area contributed by atoms with Crippen molar-refractivity contribution in [1.29, 1.82) is 0 Å². The maximum atomic E-state index is 13.6. The second kappa shape index (κ2) is 10.9. The van der Waals surface area contributed by atoms with Crippen molar-refractivity contribution in [2.45, 2.75) is 64.7 Å². The Balaban J connectivity index is 1.38. The molecule has 2 atom stereocenters. The minimum atomic E-state index is -0.502. The third kappa shape index (κ3) is 6.25. The van der Waals surface area contributed by atoms with Crippen molar-refractivity contribution in [3.63, 3.8) is 0 Å². The number of aryl methyl sites for hydroxylation is 1. The summed E-state index contributed by atoms with van der Waals surface area (Å²) in [7, 11) is 0. The average molecular weight is 421 g/mol. The molecular formula is C23H33FN2O4. The zero-order valence-electron chi connectivity index (χ0n) is 18.0. The molecule has 0 spiro atoms. The van der Waals surface area contributed by atoms with E-state index in [1.54, 1.807) is 24.8 Å². The summed E-state index contributed by atoms with van der Waals surface area (Å²) in [5.41, 5.74) is 1.33. The van der Waals surface area contributed by atoms with Gasteiger partial charge in [0.1, 0.15) is 11.9 Å². The van der Waals surface area contributed by atoms with Crippen LogP contribution in [0.5, 0.6) is 0 Å². The van der Waals surface area contributed by atoms with Crippen LogP contribution in [0.25, 0.3) is 0 Å². The van der Waals surface area contributed by atoms with Crippen LogP contribution in [0.3, 0.4) is 0 Å². The van der Waals surface area contributed by atoms with Gasteiger partial charge in [0.15, 0.2) is 0 Å². The van der Waals surface area contributed by atoms with E-state index in [1.807, 2.05) is 6.07 Å². The van der Waals surface area contributed by atoms with Crippen LogP contribution in [0.1, 0.15) is 50.2 Å². The van der Waals surface area contributed by atoms with Gasteiger partial charge in [-0.1, -0.05) is 12.1 Å². The molecule has 0 radical (unpaired) electrons. The summed E-state index contributed by atoms with van der Waals surface area (Å²) in [6.07, 6.45) is 4.05. The number of amides is 2. The molecule has 166 valence electrons. The Labute approximate surface area is 178 Å². The highest BCUT2D eigenvalue weighted by atomic mass is 19.1. The number of ether oxygens (including phenoxy) is 2. The molecule has 2 unspecified atom stereocenters. The number of hydrogen-bond donors (Lipinski definition) is 1. The molecule has 1 aromatic rings. The lowest BCUT2D eigenvalue weighted by molar-refractivity contribution is -0.148. The summed E-state index contributed by atoms with van der Waals surface area (Å²) in [5.74, 6) is -0.460. The Morgan fingerprint density at radius 1 is 1.27 bits per heavy atom. The topological polar surface area (TPSA) is 67.9 Å². The first-order valence-corrected chi connectivity index (χ1v) is 11.0. The van der Waals surface area contributed by atoms with E-state index in [-0.39, 0.29) is 29.7 Å². The van der Waals surface area contributed by atoms with Gasteiger partial charge in [-0.25, -0.2) is 4.39 Å². The molecule has 0 aromatic heterocycles. The summed E-state index contributed by atoms with van der Waals surface area (Å²) in [5, 5.41) is 2.89. The molecule has 0 saturated carbocycles. The smallest absolute Gasteiger partial charge is 0.251 e. The number of carbonyl (C=O) groups excluding carboxylic acids is 2. The van der Waals surface area contributed by atoms with Crippen molar-refractivity contribution in [2.75, 3.05) is 26.3 Å². The van der Waals surface area contributed by atoms with Crippen LogP contribution < -0.4 is 5.32 Å². The highest BCUT2D eigenvalue weighted by Crippen LogP contribution is 2.20. The Bertz CT molecular complexity index is 728. The number of halogens is 1. The Hall–Kier alpha value is -1.99. The first-order valence-electron chi connectivity index (χ1n) is 11.0. The second-order valence-electron chi connectivity index (χ2n) is 8.37. The SMILES string of the molecule is Cc1ccc(CNC(=O)C2CCN(C(=O)C(C)OCC3CCCCO3)CC2)cc1F. The van der Waals surface area contributed by atoms with Gasteiger partial charge in [-0.05, 0) is 63.1 Å². The summed E-state index contributed by atoms with van der Waals surface area (Å²) >= 11 is 0. The zero-order valence-corrected chi connectivity index (χ0v) is 18.0. The van der Waals surface area contributed by atoms with Crippen molar-refractivity contribution in [3.8, 4) is 0 Å². The van der Waals surface area contributed by atoms with Crippen LogP contribution in [0.15, 0.2) is 18.2 Å². The third-order valence-corrected chi connectivity index (χ3v) is 6.03. The van der Waals surface area contributed by atoms with Crippen molar-refractivity contribution in [3.05, 3.63) is 35.1 Å². The van der Waals surface area contributed by atoms with Gasteiger partial charge in [0, 0.05) is 32.2 Å². The standard InChI is InChI=1S/C23H33FN2O4/c1-16-6-7-18(13-21(16)24)14-25-22(27)19-8-10-26(11-9-19)23(28)17(2)30-15-20-5-3-4-12-29-20/h6-7,13,17,19-20H,3-5,8-12,14-15H2,1-2H3,(H,25,27). The minimum absolute atomic E-state index is 0.0280. The van der Waals surface area contributed by atoms with Gasteiger partial charge in [0.25, 0.3) is 5.91 Å². The van der Waals surface area contributed by atoms with Crippen LogP contribution in [0.4, 0.5) is 4.39 Å². The number of rotatable bonds is 7. The average Bonchev–Trinajstić information content (AvgIpc) is 2.78. The van der Waals surface area contributed by atoms with Crippen molar-refractivity contribution < 1.29 is 23.5 Å². The van der Waals surface area contributed by atoms with E-state index in [0.29, 0.717) is 44.6 Å². The molecule has 2 amide bonds. The number of piperidine rings is 1. The molecule has 2 aliphatic rings. The zero-order chi connectivity index (χ0) is 21.5. The number of likely N-dealkylation sites (tertiary alicyclic amines) is 1. The molecule has 2 saturated heterocycles. The molecule has 7 heteroatoms. The molecule has 3 rings (SSSR count). The Kier molecular flexibility index (Phi) is 8.22. The van der Waals surface area contributed by atoms with Crippen molar-refractivity contribution in [1.82, 2.24) is 10.2 Å². The maximum absolute atomic E-state index is 13.6. The third-order valence-electron chi connectivity index (χ3n) is 6.03. The van der Waals surface area contributed by atoms with Crippen molar-refractivity contribution in [2.24, 2.45) is 5.92 Å². The molecule has 2 heterocycles. The summed E-state index contributed by atoms with van der Waals surface area (Å²) < 4.78 is 25.0. The highest BCUT2D eigenvalue weighted by molar-refractivity contribution is 5.82. The monoisotopic (exact) mass is 420 g/mol. The summed E-state index contributed by atoms with van der Waals surface area (Å²) in [6, 6.07) is 4.99. The lowest BCUT2D eigenvalue weighted by Gasteiger charge is -2.33. The minimum Gasteiger partial charge on any atom is -0.376 e. The van der Waals surface area contributed by atoms with E-state index in [0.717, 1.165) is 31.4 Å². The van der Waals surface area contributed by atoms with E-state index in [4.69, 9.17) is 9.47 Å². The molecule has 2 aliphatic heterocycles. The van der Waals surface area contributed by atoms with Gasteiger partial charge in [-0.2, -0.15) is 0 Å². The fourth-order valence-electron chi connectivity index (χ4n) is 3.96. The Morgan fingerprint density at radius 3 is 2.70 bits per heavy atom. The van der Waals surface area contributed by atoms with Crippen LogP contribution in [-0.2, 0) is 25.6 Å². The van der Waals surface area contributed by atoms with Crippen LogP contribution in [-0.4, -0.2) is 55.2 Å². The van der Waals surface area contributed by atoms with Gasteiger partial charge in [-0.15, -0.1) is 0 Å². The predicted octanol–water partition coefficient (Wildman–Crippen LogP) is 2.96. The molecule has 30 heavy (non-hydrogen) atoms. The summed E-state index contributed by atoms with van der Waals surface area (Å²) in [6.45, 7) is 6.11. The highest BCUT2D eigenvalue weighted by Gasteiger charge is 2.30. The van der Waals surface area contributed by atoms with Crippen molar-refractivity contribution >= 4 is 11.8 Å². The quantitative estimate of drug-likeness (QED) is 0.737. The number of nitrogens with zero attached hydrogens (tertiary/aromatic N) is 1. The number of hydrogen-bond acceptors (Lipinski definition) is 4. The summed E-state index contributed by atoms with van der Waals surface area (Å²) in [4.78, 5) is 26.9.